The Balaban J connectivity index is 2.95. The third kappa shape index (κ3) is 0.598. The highest BCUT2D eigenvalue weighted by Gasteiger charge is 1.88. The van der Waals surface area contributed by atoms with Gasteiger partial charge in [-0.2, -0.15) is 0 Å². The zero-order valence-electron chi connectivity index (χ0n) is 4.76. The fourth-order valence-electron chi connectivity index (χ4n) is 0.841. The van der Waals surface area contributed by atoms with Crippen LogP contribution in [0.15, 0.2) is 24.5 Å². The molecule has 0 aliphatic rings. The first-order valence-corrected chi connectivity index (χ1v) is 2.76. The first-order valence-electron chi connectivity index (χ1n) is 2.76. The molecule has 0 aromatic carbocycles. The van der Waals surface area contributed by atoms with Crippen molar-refractivity contribution >= 4 is 10.9 Å². The number of hydrogen-bond acceptors (Lipinski definition) is 1. The van der Waals surface area contributed by atoms with Gasteiger partial charge in [0.15, 0.2) is 0 Å². The molecule has 9 heavy (non-hydrogen) atoms. The minimum Gasteiger partial charge on any atom is -0.361 e. The van der Waals surface area contributed by atoms with Crippen molar-refractivity contribution in [2.75, 3.05) is 0 Å². The van der Waals surface area contributed by atoms with Crippen molar-refractivity contribution in [3.05, 3.63) is 30.7 Å². The Morgan fingerprint density at radius 3 is 3.44 bits per heavy atom. The molecular weight excluding hydrogens is 112 g/mol. The fourth-order valence-corrected chi connectivity index (χ4v) is 0.841. The fraction of sp³-hybridized carbons (Fsp3) is 0. The summed E-state index contributed by atoms with van der Waals surface area (Å²) in [5.41, 5.74) is 1.09. The number of aromatic amines is 1. The predicted molar refractivity (Wildman–Crippen MR) is 34.9 cm³/mol. The summed E-state index contributed by atoms with van der Waals surface area (Å²) in [6, 6.07) is 3.81. The number of hydrogen-bond donors (Lipinski definition) is 1. The number of rotatable bonds is 0. The van der Waals surface area contributed by atoms with Crippen LogP contribution < -0.4 is 0 Å². The normalized spacial score (nSPS) is 10.2. The Hall–Kier alpha value is -1.31. The van der Waals surface area contributed by atoms with Crippen molar-refractivity contribution in [2.24, 2.45) is 0 Å². The monoisotopic (exact) mass is 117 g/mol. The summed E-state index contributed by atoms with van der Waals surface area (Å²) < 4.78 is 0. The molecule has 0 bridgehead atoms. The van der Waals surface area contributed by atoms with Crippen LogP contribution in [0.2, 0.25) is 0 Å². The van der Waals surface area contributed by atoms with E-state index in [0.717, 1.165) is 10.9 Å². The van der Waals surface area contributed by atoms with Crippen LogP contribution in [-0.2, 0) is 0 Å². The van der Waals surface area contributed by atoms with Crippen molar-refractivity contribution < 1.29 is 0 Å². The Bertz CT molecular complexity index is 281. The highest BCUT2D eigenvalue weighted by molar-refractivity contribution is 5.77. The molecule has 2 nitrogen and oxygen atoms in total. The Labute approximate surface area is 52.5 Å². The molecule has 2 heteroatoms. The minimum absolute atomic E-state index is 1.09. The van der Waals surface area contributed by atoms with Gasteiger partial charge in [0.2, 0.25) is 0 Å². The van der Waals surface area contributed by atoms with Crippen LogP contribution in [-0.4, -0.2) is 9.97 Å². The molecule has 1 N–H and O–H groups in total. The second kappa shape index (κ2) is 1.58. The maximum atomic E-state index is 3.84. The van der Waals surface area contributed by atoms with Crippen LogP contribution in [0, 0.1) is 6.20 Å². The van der Waals surface area contributed by atoms with Gasteiger partial charge >= 0.3 is 0 Å². The lowest BCUT2D eigenvalue weighted by atomic mass is 10.3. The summed E-state index contributed by atoms with van der Waals surface area (Å²) >= 11 is 0. The van der Waals surface area contributed by atoms with Gasteiger partial charge in [-0.3, -0.25) is 4.98 Å². The third-order valence-electron chi connectivity index (χ3n) is 1.30. The van der Waals surface area contributed by atoms with Gasteiger partial charge < -0.3 is 4.98 Å². The van der Waals surface area contributed by atoms with Crippen LogP contribution in [0.5, 0.6) is 0 Å². The molecule has 0 aliphatic heterocycles. The Kier molecular flexibility index (Phi) is 0.803. The molecule has 43 valence electrons. The van der Waals surface area contributed by atoms with E-state index in [1.54, 1.807) is 6.20 Å². The van der Waals surface area contributed by atoms with Gasteiger partial charge in [-0.15, -0.1) is 0 Å². The zero-order chi connectivity index (χ0) is 6.10. The van der Waals surface area contributed by atoms with Crippen LogP contribution in [0.3, 0.4) is 0 Å². The van der Waals surface area contributed by atoms with Gasteiger partial charge in [-0.05, 0) is 12.1 Å². The Morgan fingerprint density at radius 2 is 2.56 bits per heavy atom. The quantitative estimate of drug-likeness (QED) is 0.554. The average Bonchev–Trinajstić information content (AvgIpc) is 2.33. The SMILES string of the molecule is [c]1cc2[nH]ccc2cn1. The number of pyridine rings is 1. The molecule has 1 radical (unpaired) electrons. The molecule has 0 saturated heterocycles. The highest BCUT2D eigenvalue weighted by atomic mass is 14.7. The first kappa shape index (κ1) is 4.56. The van der Waals surface area contributed by atoms with E-state index in [9.17, 15) is 0 Å². The molecular formula is C7H5N2. The smallest absolute Gasteiger partial charge is 0.0908 e. The van der Waals surface area contributed by atoms with Crippen LogP contribution in [0.25, 0.3) is 10.9 Å². The van der Waals surface area contributed by atoms with Crippen LogP contribution >= 0.6 is 0 Å². The van der Waals surface area contributed by atoms with Crippen molar-refractivity contribution in [2.45, 2.75) is 0 Å². The van der Waals surface area contributed by atoms with E-state index in [1.807, 2.05) is 18.3 Å². The molecule has 2 aromatic rings. The Morgan fingerprint density at radius 1 is 1.56 bits per heavy atom. The lowest BCUT2D eigenvalue weighted by Crippen LogP contribution is -1.68. The summed E-state index contributed by atoms with van der Waals surface area (Å²) in [6.07, 6.45) is 6.41. The van der Waals surface area contributed by atoms with Gasteiger partial charge in [0.25, 0.3) is 0 Å². The minimum atomic E-state index is 1.09. The van der Waals surface area contributed by atoms with E-state index < -0.39 is 0 Å². The molecule has 0 saturated carbocycles. The van der Waals surface area contributed by atoms with Crippen LogP contribution in [0.4, 0.5) is 0 Å². The molecule has 0 amide bonds. The molecule has 0 atom stereocenters. The highest BCUT2D eigenvalue weighted by Crippen LogP contribution is 2.06. The topological polar surface area (TPSA) is 28.7 Å². The lowest BCUT2D eigenvalue weighted by Gasteiger charge is -1.81. The van der Waals surface area contributed by atoms with E-state index in [4.69, 9.17) is 0 Å². The van der Waals surface area contributed by atoms with Crippen molar-refractivity contribution in [1.82, 2.24) is 9.97 Å². The van der Waals surface area contributed by atoms with Gasteiger partial charge in [0.05, 0.1) is 6.20 Å². The standard InChI is InChI=1S/C7H5N2/c1-4-9-7-2-3-8-5-6(1)7/h1-2,4-5,9H. The molecule has 0 spiro atoms. The number of fused-ring (bicyclic) bond motifs is 1. The average molecular weight is 117 g/mol. The summed E-state index contributed by atoms with van der Waals surface area (Å²) in [4.78, 5) is 6.89. The number of nitrogens with one attached hydrogen (secondary N) is 1. The number of aromatic nitrogens is 2. The maximum Gasteiger partial charge on any atom is 0.0908 e. The van der Waals surface area contributed by atoms with E-state index in [2.05, 4.69) is 16.2 Å². The summed E-state index contributed by atoms with van der Waals surface area (Å²) in [6.45, 7) is 0. The maximum absolute atomic E-state index is 3.84. The molecule has 0 fully saturated rings. The molecule has 0 aliphatic carbocycles. The van der Waals surface area contributed by atoms with E-state index in [-0.39, 0.29) is 0 Å². The van der Waals surface area contributed by atoms with E-state index in [1.165, 1.54) is 0 Å². The van der Waals surface area contributed by atoms with Crippen LogP contribution in [0.1, 0.15) is 0 Å². The van der Waals surface area contributed by atoms with E-state index >= 15 is 0 Å². The summed E-state index contributed by atoms with van der Waals surface area (Å²) in [5, 5.41) is 1.13. The number of H-pyrrole nitrogens is 1. The molecule has 2 aromatic heterocycles. The van der Waals surface area contributed by atoms with Crippen molar-refractivity contribution in [3.8, 4) is 0 Å². The van der Waals surface area contributed by atoms with Gasteiger partial charge in [0.1, 0.15) is 0 Å². The van der Waals surface area contributed by atoms with Gasteiger partial charge in [0, 0.05) is 23.3 Å². The summed E-state index contributed by atoms with van der Waals surface area (Å²) in [5.74, 6) is 0. The lowest BCUT2D eigenvalue weighted by molar-refractivity contribution is 1.34. The second-order valence-corrected chi connectivity index (χ2v) is 1.88. The predicted octanol–water partition coefficient (Wildman–Crippen LogP) is 1.36. The number of nitrogens with zero attached hydrogens (tertiary/aromatic N) is 1. The third-order valence-corrected chi connectivity index (χ3v) is 1.30. The van der Waals surface area contributed by atoms with Crippen molar-refractivity contribution in [1.29, 1.82) is 0 Å². The largest absolute Gasteiger partial charge is 0.361 e. The molecule has 0 unspecified atom stereocenters. The summed E-state index contributed by atoms with van der Waals surface area (Å²) in [7, 11) is 0. The first-order chi connectivity index (χ1) is 4.47. The molecule has 2 rings (SSSR count). The van der Waals surface area contributed by atoms with Gasteiger partial charge in [-0.1, -0.05) is 0 Å². The van der Waals surface area contributed by atoms with E-state index in [0.29, 0.717) is 0 Å². The second-order valence-electron chi connectivity index (χ2n) is 1.88. The van der Waals surface area contributed by atoms with Crippen molar-refractivity contribution in [3.63, 3.8) is 0 Å². The zero-order valence-corrected chi connectivity index (χ0v) is 4.76. The molecule has 2 heterocycles. The van der Waals surface area contributed by atoms with Gasteiger partial charge in [-0.25, -0.2) is 0 Å².